The molecule has 0 spiro atoms. The number of Topliss-reactive ketones (excluding diaryl/α,β-unsaturated/α-hetero) is 1. The number of rotatable bonds is 3. The summed E-state index contributed by atoms with van der Waals surface area (Å²) < 4.78 is 5.67. The Hall–Kier alpha value is -0.410. The van der Waals surface area contributed by atoms with Crippen LogP contribution >= 0.6 is 0 Å². The second-order valence-corrected chi connectivity index (χ2v) is 6.89. The highest BCUT2D eigenvalue weighted by Crippen LogP contribution is 2.32. The number of carbonyl (C=O) groups excluding carboxylic acids is 1. The van der Waals surface area contributed by atoms with Crippen LogP contribution in [0.4, 0.5) is 0 Å². The van der Waals surface area contributed by atoms with Gasteiger partial charge in [0.2, 0.25) is 0 Å². The maximum Gasteiger partial charge on any atom is 0.137 e. The lowest BCUT2D eigenvalue weighted by atomic mass is 9.75. The lowest BCUT2D eigenvalue weighted by Gasteiger charge is -2.40. The van der Waals surface area contributed by atoms with Crippen LogP contribution < -0.4 is 0 Å². The Balaban J connectivity index is 1.94. The first-order valence-electron chi connectivity index (χ1n) is 7.85. The minimum absolute atomic E-state index is 0.258. The van der Waals surface area contributed by atoms with Crippen LogP contribution in [0.25, 0.3) is 0 Å². The van der Waals surface area contributed by atoms with Gasteiger partial charge >= 0.3 is 0 Å². The summed E-state index contributed by atoms with van der Waals surface area (Å²) in [4.78, 5) is 14.6. The molecule has 0 aromatic carbocycles. The second kappa shape index (κ2) is 6.36. The van der Waals surface area contributed by atoms with Gasteiger partial charge in [-0.1, -0.05) is 13.8 Å². The third-order valence-electron chi connectivity index (χ3n) is 4.94. The van der Waals surface area contributed by atoms with E-state index in [2.05, 4.69) is 32.6 Å². The zero-order chi connectivity index (χ0) is 14.0. The Bertz CT molecular complexity index is 316. The Morgan fingerprint density at radius 1 is 1.37 bits per heavy atom. The van der Waals surface area contributed by atoms with Crippen molar-refractivity contribution in [3.8, 4) is 0 Å². The lowest BCUT2D eigenvalue weighted by Crippen LogP contribution is -2.50. The number of nitrogens with zero attached hydrogens (tertiary/aromatic N) is 1. The van der Waals surface area contributed by atoms with E-state index in [0.717, 1.165) is 44.9 Å². The summed E-state index contributed by atoms with van der Waals surface area (Å²) in [5.74, 6) is 2.19. The van der Waals surface area contributed by atoms with Gasteiger partial charge in [0.15, 0.2) is 0 Å². The van der Waals surface area contributed by atoms with Gasteiger partial charge in [0.05, 0.1) is 12.7 Å². The molecule has 4 unspecified atom stereocenters. The van der Waals surface area contributed by atoms with Gasteiger partial charge in [-0.3, -0.25) is 9.69 Å². The molecule has 19 heavy (non-hydrogen) atoms. The van der Waals surface area contributed by atoms with Crippen LogP contribution in [-0.2, 0) is 9.53 Å². The highest BCUT2D eigenvalue weighted by Gasteiger charge is 2.33. The summed E-state index contributed by atoms with van der Waals surface area (Å²) in [5, 5.41) is 0. The Labute approximate surface area is 117 Å². The van der Waals surface area contributed by atoms with Gasteiger partial charge in [0, 0.05) is 31.5 Å². The van der Waals surface area contributed by atoms with Crippen molar-refractivity contribution in [2.75, 3.05) is 19.7 Å². The van der Waals surface area contributed by atoms with Gasteiger partial charge in [0.25, 0.3) is 0 Å². The fourth-order valence-corrected chi connectivity index (χ4v) is 3.44. The molecule has 0 bridgehead atoms. The van der Waals surface area contributed by atoms with E-state index in [0.29, 0.717) is 23.8 Å². The quantitative estimate of drug-likeness (QED) is 0.787. The molecule has 3 nitrogen and oxygen atoms in total. The molecule has 1 heterocycles. The number of carbonyl (C=O) groups is 1. The molecule has 110 valence electrons. The van der Waals surface area contributed by atoms with E-state index in [9.17, 15) is 4.79 Å². The lowest BCUT2D eigenvalue weighted by molar-refractivity contribution is -0.128. The first-order valence-corrected chi connectivity index (χ1v) is 7.85. The van der Waals surface area contributed by atoms with Gasteiger partial charge in [-0.05, 0) is 38.5 Å². The van der Waals surface area contributed by atoms with Crippen molar-refractivity contribution in [3.05, 3.63) is 0 Å². The Morgan fingerprint density at radius 3 is 2.79 bits per heavy atom. The van der Waals surface area contributed by atoms with Crippen LogP contribution in [-0.4, -0.2) is 42.5 Å². The van der Waals surface area contributed by atoms with Gasteiger partial charge in [-0.2, -0.15) is 0 Å². The number of hydrogen-bond acceptors (Lipinski definition) is 3. The van der Waals surface area contributed by atoms with Crippen molar-refractivity contribution in [2.24, 2.45) is 17.8 Å². The minimum Gasteiger partial charge on any atom is -0.376 e. The predicted molar refractivity (Wildman–Crippen MR) is 77.1 cm³/mol. The van der Waals surface area contributed by atoms with Crippen molar-refractivity contribution in [2.45, 2.75) is 59.1 Å². The van der Waals surface area contributed by atoms with Crippen LogP contribution in [0.3, 0.4) is 0 Å². The van der Waals surface area contributed by atoms with E-state index in [4.69, 9.17) is 4.74 Å². The first kappa shape index (κ1) is 15.0. The van der Waals surface area contributed by atoms with Gasteiger partial charge < -0.3 is 4.74 Å². The van der Waals surface area contributed by atoms with E-state index in [-0.39, 0.29) is 5.92 Å². The third kappa shape index (κ3) is 3.79. The Morgan fingerprint density at radius 2 is 2.11 bits per heavy atom. The number of hydrogen-bond donors (Lipinski definition) is 0. The second-order valence-electron chi connectivity index (χ2n) is 6.89. The van der Waals surface area contributed by atoms with Crippen molar-refractivity contribution >= 4 is 5.78 Å². The molecule has 0 aromatic heterocycles. The first-order chi connectivity index (χ1) is 8.97. The molecule has 2 aliphatic rings. The number of ketones is 1. The topological polar surface area (TPSA) is 29.5 Å². The van der Waals surface area contributed by atoms with Crippen LogP contribution in [0.5, 0.6) is 0 Å². The largest absolute Gasteiger partial charge is 0.376 e. The van der Waals surface area contributed by atoms with E-state index < -0.39 is 0 Å². The molecule has 1 saturated heterocycles. The fraction of sp³-hybridized carbons (Fsp3) is 0.938. The standard InChI is InChI=1S/C16H29NO2/c1-11(2)14-5-6-16(18)15(7-14)9-17-8-13(4)19-10-12(17)3/h11-15H,5-10H2,1-4H3. The van der Waals surface area contributed by atoms with Crippen molar-refractivity contribution < 1.29 is 9.53 Å². The normalized spacial score (nSPS) is 37.8. The maximum atomic E-state index is 12.2. The average Bonchev–Trinajstić information content (AvgIpc) is 2.36. The number of morpholine rings is 1. The highest BCUT2D eigenvalue weighted by molar-refractivity contribution is 5.82. The van der Waals surface area contributed by atoms with Gasteiger partial charge in [0.1, 0.15) is 5.78 Å². The zero-order valence-electron chi connectivity index (χ0n) is 12.9. The van der Waals surface area contributed by atoms with E-state index in [1.165, 1.54) is 0 Å². The molecule has 2 rings (SSSR count). The van der Waals surface area contributed by atoms with E-state index >= 15 is 0 Å². The van der Waals surface area contributed by atoms with Crippen LogP contribution in [0, 0.1) is 17.8 Å². The smallest absolute Gasteiger partial charge is 0.137 e. The molecule has 1 aliphatic carbocycles. The van der Waals surface area contributed by atoms with Crippen molar-refractivity contribution in [1.82, 2.24) is 4.90 Å². The molecule has 4 atom stereocenters. The third-order valence-corrected chi connectivity index (χ3v) is 4.94. The summed E-state index contributed by atoms with van der Waals surface area (Å²) in [7, 11) is 0. The summed E-state index contributed by atoms with van der Waals surface area (Å²) in [5.41, 5.74) is 0. The summed E-state index contributed by atoms with van der Waals surface area (Å²) in [6.45, 7) is 11.6. The minimum atomic E-state index is 0.258. The van der Waals surface area contributed by atoms with Gasteiger partial charge in [-0.15, -0.1) is 0 Å². The molecule has 0 radical (unpaired) electrons. The fourth-order valence-electron chi connectivity index (χ4n) is 3.44. The van der Waals surface area contributed by atoms with Crippen LogP contribution in [0.15, 0.2) is 0 Å². The van der Waals surface area contributed by atoms with E-state index in [1.54, 1.807) is 0 Å². The monoisotopic (exact) mass is 267 g/mol. The van der Waals surface area contributed by atoms with Crippen LogP contribution in [0.2, 0.25) is 0 Å². The number of ether oxygens (including phenoxy) is 1. The van der Waals surface area contributed by atoms with E-state index in [1.807, 2.05) is 0 Å². The van der Waals surface area contributed by atoms with Gasteiger partial charge in [-0.25, -0.2) is 0 Å². The predicted octanol–water partition coefficient (Wildman–Crippen LogP) is 2.74. The molecular weight excluding hydrogens is 238 g/mol. The summed E-state index contributed by atoms with van der Waals surface area (Å²) >= 11 is 0. The molecular formula is C16H29NO2. The van der Waals surface area contributed by atoms with Crippen LogP contribution in [0.1, 0.15) is 47.0 Å². The SMILES string of the molecule is CC1CN(CC2CC(C(C)C)CCC2=O)C(C)CO1. The molecule has 3 heteroatoms. The summed E-state index contributed by atoms with van der Waals surface area (Å²) in [6.07, 6.45) is 3.29. The molecule has 0 amide bonds. The average molecular weight is 267 g/mol. The summed E-state index contributed by atoms with van der Waals surface area (Å²) in [6, 6.07) is 0.448. The molecule has 1 saturated carbocycles. The molecule has 1 aliphatic heterocycles. The molecule has 0 N–H and O–H groups in total. The zero-order valence-corrected chi connectivity index (χ0v) is 12.9. The van der Waals surface area contributed by atoms with Crippen molar-refractivity contribution in [1.29, 1.82) is 0 Å². The molecule has 2 fully saturated rings. The molecule has 0 aromatic rings. The Kier molecular flexibility index (Phi) is 5.02. The van der Waals surface area contributed by atoms with Crippen molar-refractivity contribution in [3.63, 3.8) is 0 Å². The highest BCUT2D eigenvalue weighted by atomic mass is 16.5. The maximum absolute atomic E-state index is 12.2.